The molecule has 1 aromatic heterocycles. The van der Waals surface area contributed by atoms with Crippen LogP contribution in [0.5, 0.6) is 0 Å². The van der Waals surface area contributed by atoms with Crippen LogP contribution in [-0.2, 0) is 16.4 Å². The second-order valence-electron chi connectivity index (χ2n) is 3.23. The Kier molecular flexibility index (Phi) is 4.78. The number of aryl methyl sites for hydroxylation is 1. The highest BCUT2D eigenvalue weighted by Crippen LogP contribution is 2.07. The molecule has 1 heterocycles. The molecule has 0 aromatic carbocycles. The van der Waals surface area contributed by atoms with Gasteiger partial charge in [-0.15, -0.1) is 11.3 Å². The number of nitrogens with zero attached hydrogens (tertiary/aromatic N) is 1. The second-order valence-corrected chi connectivity index (χ2v) is 6.62. The number of nitrogens with one attached hydrogen (secondary N) is 1. The van der Waals surface area contributed by atoms with E-state index in [1.54, 1.807) is 11.3 Å². The van der Waals surface area contributed by atoms with Crippen LogP contribution in [-0.4, -0.2) is 30.7 Å². The minimum absolute atomic E-state index is 0.0306. The van der Waals surface area contributed by atoms with Gasteiger partial charge in [0.05, 0.1) is 15.7 Å². The maximum atomic E-state index is 11.3. The van der Waals surface area contributed by atoms with Gasteiger partial charge in [0.25, 0.3) is 0 Å². The first kappa shape index (κ1) is 13.5. The van der Waals surface area contributed by atoms with Gasteiger partial charge in [0.15, 0.2) is 0 Å². The molecule has 8 heteroatoms. The normalized spacial score (nSPS) is 11.6. The maximum absolute atomic E-state index is 11.3. The summed E-state index contributed by atoms with van der Waals surface area (Å²) in [7, 11) is -3.38. The molecule has 0 aliphatic heterocycles. The van der Waals surface area contributed by atoms with Gasteiger partial charge in [-0.3, -0.25) is 0 Å². The molecule has 3 N–H and O–H groups in total. The average Bonchev–Trinajstić information content (AvgIpc) is 2.48. The van der Waals surface area contributed by atoms with E-state index >= 15 is 0 Å². The number of thiazole rings is 1. The van der Waals surface area contributed by atoms with E-state index in [2.05, 4.69) is 21.9 Å². The summed E-state index contributed by atoms with van der Waals surface area (Å²) in [5.74, 6) is -0.307. The largest absolute Gasteiger partial charge is 0.392 e. The van der Waals surface area contributed by atoms with Crippen molar-refractivity contribution in [2.45, 2.75) is 13.3 Å². The van der Waals surface area contributed by atoms with E-state index in [1.165, 1.54) is 0 Å². The van der Waals surface area contributed by atoms with Gasteiger partial charge in [-0.1, -0.05) is 12.2 Å². The topological polar surface area (TPSA) is 85.1 Å². The van der Waals surface area contributed by atoms with E-state index < -0.39 is 10.0 Å². The maximum Gasteiger partial charge on any atom is 0.218 e. The summed E-state index contributed by atoms with van der Waals surface area (Å²) in [5.41, 5.74) is 6.06. The summed E-state index contributed by atoms with van der Waals surface area (Å²) in [6.45, 7) is 2.22. The van der Waals surface area contributed by atoms with E-state index in [0.717, 1.165) is 10.7 Å². The lowest BCUT2D eigenvalue weighted by molar-refractivity contribution is 0.585. The van der Waals surface area contributed by atoms with Gasteiger partial charge < -0.3 is 5.73 Å². The van der Waals surface area contributed by atoms with Crippen molar-refractivity contribution in [3.8, 4) is 0 Å². The van der Waals surface area contributed by atoms with Gasteiger partial charge in [0, 0.05) is 18.3 Å². The van der Waals surface area contributed by atoms with Gasteiger partial charge in [0.1, 0.15) is 5.75 Å². The third kappa shape index (κ3) is 4.97. The van der Waals surface area contributed by atoms with Crippen LogP contribution in [0.1, 0.15) is 10.7 Å². The molecular formula is C8H13N3O2S3. The van der Waals surface area contributed by atoms with Gasteiger partial charge >= 0.3 is 0 Å². The third-order valence-electron chi connectivity index (χ3n) is 1.70. The van der Waals surface area contributed by atoms with Crippen molar-refractivity contribution in [1.29, 1.82) is 0 Å². The Morgan fingerprint density at radius 2 is 2.38 bits per heavy atom. The standard InChI is InChI=1S/C8H13N3O2S3/c1-6-11-7(4-15-6)2-3-10-16(12,13)5-8(9)14/h4,10H,2-3,5H2,1H3,(H2,9,14). The summed E-state index contributed by atoms with van der Waals surface area (Å²) in [4.78, 5) is 4.19. The van der Waals surface area contributed by atoms with Crippen molar-refractivity contribution < 1.29 is 8.42 Å². The molecule has 0 spiro atoms. The third-order valence-corrected chi connectivity index (χ3v) is 4.19. The summed E-state index contributed by atoms with van der Waals surface area (Å²) in [6.07, 6.45) is 0.570. The summed E-state index contributed by atoms with van der Waals surface area (Å²) < 4.78 is 25.1. The molecule has 0 unspecified atom stereocenters. The molecule has 0 saturated carbocycles. The SMILES string of the molecule is Cc1nc(CCNS(=O)(=O)CC(N)=S)cs1. The zero-order valence-electron chi connectivity index (χ0n) is 8.76. The molecule has 0 amide bonds. The number of nitrogens with two attached hydrogens (primary N) is 1. The van der Waals surface area contributed by atoms with E-state index in [-0.39, 0.29) is 10.7 Å². The van der Waals surface area contributed by atoms with E-state index in [4.69, 9.17) is 5.73 Å². The first-order chi connectivity index (χ1) is 7.39. The smallest absolute Gasteiger partial charge is 0.218 e. The molecular weight excluding hydrogens is 266 g/mol. The zero-order valence-corrected chi connectivity index (χ0v) is 11.2. The Labute approximate surface area is 104 Å². The van der Waals surface area contributed by atoms with Crippen LogP contribution in [0.4, 0.5) is 0 Å². The predicted molar refractivity (Wildman–Crippen MR) is 69.1 cm³/mol. The van der Waals surface area contributed by atoms with Gasteiger partial charge in [-0.05, 0) is 6.92 Å². The highest BCUT2D eigenvalue weighted by atomic mass is 32.2. The highest BCUT2D eigenvalue weighted by molar-refractivity contribution is 7.92. The number of rotatable bonds is 6. The van der Waals surface area contributed by atoms with E-state index in [9.17, 15) is 8.42 Å². The Hall–Kier alpha value is -0.570. The van der Waals surface area contributed by atoms with E-state index in [1.807, 2.05) is 12.3 Å². The molecule has 0 saturated heterocycles. The first-order valence-electron chi connectivity index (χ1n) is 4.56. The lowest BCUT2D eigenvalue weighted by Crippen LogP contribution is -2.33. The van der Waals surface area contributed by atoms with E-state index in [0.29, 0.717) is 13.0 Å². The lowest BCUT2D eigenvalue weighted by atomic mass is 10.3. The summed E-state index contributed by atoms with van der Waals surface area (Å²) >= 11 is 6.08. The Morgan fingerprint density at radius 1 is 1.69 bits per heavy atom. The van der Waals surface area contributed by atoms with Crippen LogP contribution in [0.3, 0.4) is 0 Å². The highest BCUT2D eigenvalue weighted by Gasteiger charge is 2.11. The van der Waals surface area contributed by atoms with Crippen LogP contribution < -0.4 is 10.5 Å². The van der Waals surface area contributed by atoms with Crippen LogP contribution >= 0.6 is 23.6 Å². The van der Waals surface area contributed by atoms with Crippen LogP contribution in [0.15, 0.2) is 5.38 Å². The van der Waals surface area contributed by atoms with Crippen LogP contribution in [0.25, 0.3) is 0 Å². The number of sulfonamides is 1. The molecule has 0 aliphatic carbocycles. The molecule has 0 bridgehead atoms. The van der Waals surface area contributed by atoms with Crippen LogP contribution in [0.2, 0.25) is 0 Å². The van der Waals surface area contributed by atoms with Gasteiger partial charge in [-0.2, -0.15) is 0 Å². The predicted octanol–water partition coefficient (Wildman–Crippen LogP) is 0.200. The van der Waals surface area contributed by atoms with Crippen molar-refractivity contribution in [2.24, 2.45) is 5.73 Å². The van der Waals surface area contributed by atoms with Gasteiger partial charge in [-0.25, -0.2) is 18.1 Å². The molecule has 0 aliphatic rings. The molecule has 5 nitrogen and oxygen atoms in total. The fourth-order valence-electron chi connectivity index (χ4n) is 1.10. The zero-order chi connectivity index (χ0) is 12.2. The summed E-state index contributed by atoms with van der Waals surface area (Å²) in [6, 6.07) is 0. The fourth-order valence-corrected chi connectivity index (χ4v) is 3.10. The number of aromatic nitrogens is 1. The van der Waals surface area contributed by atoms with Crippen molar-refractivity contribution >= 4 is 38.6 Å². The van der Waals surface area contributed by atoms with Gasteiger partial charge in [0.2, 0.25) is 10.0 Å². The van der Waals surface area contributed by atoms with Crippen LogP contribution in [0, 0.1) is 6.92 Å². The molecule has 1 aromatic rings. The molecule has 90 valence electrons. The van der Waals surface area contributed by atoms with Crippen molar-refractivity contribution in [3.63, 3.8) is 0 Å². The fraction of sp³-hybridized carbons (Fsp3) is 0.500. The monoisotopic (exact) mass is 279 g/mol. The lowest BCUT2D eigenvalue weighted by Gasteiger charge is -2.04. The number of hydrogen-bond donors (Lipinski definition) is 2. The minimum atomic E-state index is -3.38. The minimum Gasteiger partial charge on any atom is -0.392 e. The first-order valence-corrected chi connectivity index (χ1v) is 7.50. The Morgan fingerprint density at radius 3 is 2.88 bits per heavy atom. The Bertz CT molecular complexity index is 467. The number of thiocarbonyl (C=S) groups is 1. The van der Waals surface area contributed by atoms with Crippen molar-refractivity contribution in [2.75, 3.05) is 12.3 Å². The molecule has 0 radical (unpaired) electrons. The Balaban J connectivity index is 2.38. The second kappa shape index (κ2) is 5.67. The summed E-state index contributed by atoms with van der Waals surface area (Å²) in [5, 5.41) is 2.89. The molecule has 1 rings (SSSR count). The quantitative estimate of drug-likeness (QED) is 0.727. The number of hydrogen-bond acceptors (Lipinski definition) is 5. The van der Waals surface area contributed by atoms with Crippen molar-refractivity contribution in [3.05, 3.63) is 16.1 Å². The average molecular weight is 279 g/mol. The van der Waals surface area contributed by atoms with Crippen molar-refractivity contribution in [1.82, 2.24) is 9.71 Å². The molecule has 0 atom stereocenters. The molecule has 0 fully saturated rings. The molecule has 16 heavy (non-hydrogen) atoms.